The summed E-state index contributed by atoms with van der Waals surface area (Å²) in [6.45, 7) is 4.54. The van der Waals surface area contributed by atoms with Crippen molar-refractivity contribution < 1.29 is 9.18 Å². The Labute approximate surface area is 157 Å². The van der Waals surface area contributed by atoms with Gasteiger partial charge in [-0.25, -0.2) is 4.39 Å². The number of rotatable bonds is 3. The molecule has 1 fully saturated rings. The molecule has 0 aliphatic carbocycles. The Balaban J connectivity index is 1.35. The normalized spacial score (nSPS) is 18.0. The van der Waals surface area contributed by atoms with Gasteiger partial charge in [-0.2, -0.15) is 5.10 Å². The third-order valence-corrected chi connectivity index (χ3v) is 5.41. The average molecular weight is 377 g/mol. The van der Waals surface area contributed by atoms with E-state index in [1.165, 1.54) is 30.7 Å². The van der Waals surface area contributed by atoms with E-state index in [-0.39, 0.29) is 11.5 Å². The first-order valence-corrected chi connectivity index (χ1v) is 9.50. The fourth-order valence-corrected chi connectivity index (χ4v) is 3.88. The minimum atomic E-state index is -0.562. The van der Waals surface area contributed by atoms with Crippen molar-refractivity contribution in [2.45, 2.75) is 32.4 Å². The van der Waals surface area contributed by atoms with Gasteiger partial charge >= 0.3 is 0 Å². The molecule has 0 N–H and O–H groups in total. The molecule has 0 radical (unpaired) electrons. The zero-order valence-electron chi connectivity index (χ0n) is 14.6. The lowest BCUT2D eigenvalue weighted by Crippen LogP contribution is -2.48. The molecule has 0 bridgehead atoms. The summed E-state index contributed by atoms with van der Waals surface area (Å²) in [7, 11) is 0. The number of benzene rings is 1. The highest BCUT2D eigenvalue weighted by Gasteiger charge is 2.25. The zero-order valence-corrected chi connectivity index (χ0v) is 15.4. The molecular weight excluding hydrogens is 355 g/mol. The van der Waals surface area contributed by atoms with Crippen LogP contribution >= 0.6 is 11.6 Å². The summed E-state index contributed by atoms with van der Waals surface area (Å²) in [5.41, 5.74) is 2.52. The lowest BCUT2D eigenvalue weighted by atomic mass is 10.1. The Hall–Kier alpha value is -1.92. The molecule has 1 amide bonds. The number of piperazine rings is 1. The van der Waals surface area contributed by atoms with E-state index in [1.807, 2.05) is 0 Å². The monoisotopic (exact) mass is 376 g/mol. The second-order valence-corrected chi connectivity index (χ2v) is 7.44. The second kappa shape index (κ2) is 7.37. The lowest BCUT2D eigenvalue weighted by Gasteiger charge is -2.34. The summed E-state index contributed by atoms with van der Waals surface area (Å²) in [6.07, 6.45) is 3.56. The van der Waals surface area contributed by atoms with E-state index < -0.39 is 5.82 Å². The molecule has 5 nitrogen and oxygen atoms in total. The molecule has 2 aliphatic rings. The topological polar surface area (TPSA) is 41.4 Å². The van der Waals surface area contributed by atoms with Crippen LogP contribution in [0.2, 0.25) is 5.02 Å². The van der Waals surface area contributed by atoms with Crippen LogP contribution < -0.4 is 0 Å². The molecule has 2 aromatic rings. The maximum atomic E-state index is 14.0. The first kappa shape index (κ1) is 17.5. The van der Waals surface area contributed by atoms with Gasteiger partial charge in [0, 0.05) is 50.0 Å². The van der Waals surface area contributed by atoms with Gasteiger partial charge in [-0.05, 0) is 43.5 Å². The van der Waals surface area contributed by atoms with Crippen molar-refractivity contribution in [2.24, 2.45) is 0 Å². The Morgan fingerprint density at radius 3 is 2.65 bits per heavy atom. The van der Waals surface area contributed by atoms with Crippen molar-refractivity contribution in [2.75, 3.05) is 26.2 Å². The number of hydrogen-bond acceptors (Lipinski definition) is 3. The lowest BCUT2D eigenvalue weighted by molar-refractivity contribution is 0.0622. The summed E-state index contributed by atoms with van der Waals surface area (Å²) in [6, 6.07) is 6.40. The van der Waals surface area contributed by atoms with Crippen LogP contribution in [0, 0.1) is 5.82 Å². The highest BCUT2D eigenvalue weighted by Crippen LogP contribution is 2.19. The van der Waals surface area contributed by atoms with Crippen LogP contribution in [0.15, 0.2) is 24.3 Å². The van der Waals surface area contributed by atoms with Crippen LogP contribution in [0.25, 0.3) is 0 Å². The van der Waals surface area contributed by atoms with Crippen molar-refractivity contribution in [3.63, 3.8) is 0 Å². The van der Waals surface area contributed by atoms with Crippen molar-refractivity contribution >= 4 is 17.5 Å². The van der Waals surface area contributed by atoms with E-state index >= 15 is 0 Å². The molecule has 7 heteroatoms. The molecular formula is C19H22ClFN4O. The zero-order chi connectivity index (χ0) is 18.1. The molecule has 26 heavy (non-hydrogen) atoms. The number of halogens is 2. The smallest absolute Gasteiger partial charge is 0.256 e. The van der Waals surface area contributed by atoms with E-state index in [0.29, 0.717) is 18.1 Å². The number of nitrogens with zero attached hydrogens (tertiary/aromatic N) is 4. The number of hydrogen-bond donors (Lipinski definition) is 0. The summed E-state index contributed by atoms with van der Waals surface area (Å²) in [4.78, 5) is 16.5. The van der Waals surface area contributed by atoms with Gasteiger partial charge in [0.2, 0.25) is 0 Å². The summed E-state index contributed by atoms with van der Waals surface area (Å²) in [5, 5.41) is 5.00. The van der Waals surface area contributed by atoms with Gasteiger partial charge in [-0.1, -0.05) is 11.6 Å². The highest BCUT2D eigenvalue weighted by molar-refractivity contribution is 6.30. The van der Waals surface area contributed by atoms with Gasteiger partial charge in [0.05, 0.1) is 11.3 Å². The minimum absolute atomic E-state index is 0.0876. The number of fused-ring (bicyclic) bond motifs is 1. The van der Waals surface area contributed by atoms with E-state index in [2.05, 4.69) is 15.6 Å². The third-order valence-electron chi connectivity index (χ3n) is 5.17. The minimum Gasteiger partial charge on any atom is -0.336 e. The molecule has 3 heterocycles. The quantitative estimate of drug-likeness (QED) is 0.827. The van der Waals surface area contributed by atoms with Crippen LogP contribution in [0.4, 0.5) is 4.39 Å². The summed E-state index contributed by atoms with van der Waals surface area (Å²) in [5.74, 6) is -0.829. The molecule has 2 aliphatic heterocycles. The number of carbonyl (C=O) groups is 1. The number of amides is 1. The largest absolute Gasteiger partial charge is 0.336 e. The molecule has 0 saturated carbocycles. The van der Waals surface area contributed by atoms with Crippen LogP contribution in [0.1, 0.15) is 34.6 Å². The molecule has 138 valence electrons. The highest BCUT2D eigenvalue weighted by atomic mass is 35.5. The Bertz CT molecular complexity index is 790. The maximum absolute atomic E-state index is 14.0. The van der Waals surface area contributed by atoms with Crippen molar-refractivity contribution in [1.82, 2.24) is 19.6 Å². The van der Waals surface area contributed by atoms with E-state index in [9.17, 15) is 9.18 Å². The van der Waals surface area contributed by atoms with Gasteiger partial charge in [-0.3, -0.25) is 14.4 Å². The molecule has 1 aromatic carbocycles. The molecule has 1 aromatic heterocycles. The summed E-state index contributed by atoms with van der Waals surface area (Å²) >= 11 is 5.76. The Kier molecular flexibility index (Phi) is 4.96. The Morgan fingerprint density at radius 2 is 1.92 bits per heavy atom. The van der Waals surface area contributed by atoms with Gasteiger partial charge in [0.15, 0.2) is 0 Å². The predicted molar refractivity (Wildman–Crippen MR) is 97.8 cm³/mol. The van der Waals surface area contributed by atoms with Crippen LogP contribution in [0.3, 0.4) is 0 Å². The number of aromatic nitrogens is 2. The average Bonchev–Trinajstić information content (AvgIpc) is 3.04. The van der Waals surface area contributed by atoms with Crippen molar-refractivity contribution in [1.29, 1.82) is 0 Å². The van der Waals surface area contributed by atoms with Crippen LogP contribution in [0.5, 0.6) is 0 Å². The summed E-state index contributed by atoms with van der Waals surface area (Å²) < 4.78 is 16.1. The predicted octanol–water partition coefficient (Wildman–Crippen LogP) is 2.97. The standard InChI is InChI=1S/C19H22ClFN4O/c20-14-4-5-17(18(21)11-14)19(26)24-9-7-23(8-10-24)13-15-12-16-3-1-2-6-25(16)22-15/h4-5,11-12H,1-3,6-10,13H2. The molecule has 1 saturated heterocycles. The van der Waals surface area contributed by atoms with Gasteiger partial charge in [-0.15, -0.1) is 0 Å². The first-order chi connectivity index (χ1) is 12.6. The van der Waals surface area contributed by atoms with Crippen LogP contribution in [-0.4, -0.2) is 51.7 Å². The van der Waals surface area contributed by atoms with Crippen molar-refractivity contribution in [3.8, 4) is 0 Å². The molecule has 0 atom stereocenters. The second-order valence-electron chi connectivity index (χ2n) is 7.00. The van der Waals surface area contributed by atoms with Gasteiger partial charge < -0.3 is 4.90 Å². The molecule has 4 rings (SSSR count). The Morgan fingerprint density at radius 1 is 1.12 bits per heavy atom. The maximum Gasteiger partial charge on any atom is 0.256 e. The van der Waals surface area contributed by atoms with E-state index in [4.69, 9.17) is 16.7 Å². The van der Waals surface area contributed by atoms with Crippen molar-refractivity contribution in [3.05, 3.63) is 52.1 Å². The number of aryl methyl sites for hydroxylation is 2. The first-order valence-electron chi connectivity index (χ1n) is 9.12. The SMILES string of the molecule is O=C(c1ccc(Cl)cc1F)N1CCN(Cc2cc3n(n2)CCCC3)CC1. The van der Waals surface area contributed by atoms with E-state index in [0.717, 1.165) is 38.3 Å². The van der Waals surface area contributed by atoms with E-state index in [1.54, 1.807) is 11.0 Å². The van der Waals surface area contributed by atoms with Gasteiger partial charge in [0.1, 0.15) is 5.82 Å². The van der Waals surface area contributed by atoms with Crippen LogP contribution in [-0.2, 0) is 19.5 Å². The fourth-order valence-electron chi connectivity index (χ4n) is 3.73. The fraction of sp³-hybridized carbons (Fsp3) is 0.474. The molecule has 0 unspecified atom stereocenters. The number of carbonyl (C=O) groups excluding carboxylic acids is 1. The molecule has 0 spiro atoms. The van der Waals surface area contributed by atoms with Gasteiger partial charge in [0.25, 0.3) is 5.91 Å². The third kappa shape index (κ3) is 3.62.